The molecule has 0 saturated carbocycles. The van der Waals surface area contributed by atoms with Crippen molar-refractivity contribution in [3.63, 3.8) is 0 Å². The number of carbonyl (C=O) groups is 1. The molecule has 5 heteroatoms. The van der Waals surface area contributed by atoms with Crippen molar-refractivity contribution in [3.8, 4) is 5.75 Å². The Morgan fingerprint density at radius 1 is 1.47 bits per heavy atom. The lowest BCUT2D eigenvalue weighted by atomic mass is 10.2. The van der Waals surface area contributed by atoms with Gasteiger partial charge in [0.15, 0.2) is 0 Å². The van der Waals surface area contributed by atoms with Crippen molar-refractivity contribution in [3.05, 3.63) is 34.7 Å². The minimum Gasteiger partial charge on any atom is -0.493 e. The molecule has 1 aliphatic heterocycles. The Kier molecular flexibility index (Phi) is 4.61. The fraction of sp³-hybridized carbons (Fsp3) is 0.286. The fourth-order valence-corrected chi connectivity index (χ4v) is 2.57. The molecule has 1 amide bonds. The van der Waals surface area contributed by atoms with Gasteiger partial charge in [0.2, 0.25) is 0 Å². The van der Waals surface area contributed by atoms with Crippen LogP contribution >= 0.6 is 24.0 Å². The molecule has 3 nitrogen and oxygen atoms in total. The Morgan fingerprint density at radius 2 is 2.26 bits per heavy atom. The average molecular weight is 293 g/mol. The summed E-state index contributed by atoms with van der Waals surface area (Å²) in [6.07, 6.45) is 1.82. The first-order valence-corrected chi connectivity index (χ1v) is 7.25. The first kappa shape index (κ1) is 14.1. The van der Waals surface area contributed by atoms with Gasteiger partial charge in [0.25, 0.3) is 5.91 Å². The lowest BCUT2D eigenvalue weighted by Crippen LogP contribution is -2.17. The van der Waals surface area contributed by atoms with E-state index in [0.29, 0.717) is 21.8 Å². The van der Waals surface area contributed by atoms with E-state index in [0.717, 1.165) is 11.3 Å². The smallest absolute Gasteiger partial charge is 0.263 e. The SMILES string of the molecule is CC(C)COc1cccc(/C=C2/SC(=S)NC2=O)c1. The van der Waals surface area contributed by atoms with E-state index >= 15 is 0 Å². The highest BCUT2D eigenvalue weighted by molar-refractivity contribution is 8.26. The second kappa shape index (κ2) is 6.21. The van der Waals surface area contributed by atoms with Crippen LogP contribution in [0.15, 0.2) is 29.2 Å². The molecule has 1 aliphatic rings. The van der Waals surface area contributed by atoms with E-state index in [1.807, 2.05) is 30.3 Å². The molecule has 0 atom stereocenters. The fourth-order valence-electron chi connectivity index (χ4n) is 1.53. The van der Waals surface area contributed by atoms with Crippen molar-refractivity contribution in [2.45, 2.75) is 13.8 Å². The zero-order valence-electron chi connectivity index (χ0n) is 10.8. The zero-order chi connectivity index (χ0) is 13.8. The Bertz CT molecular complexity index is 538. The van der Waals surface area contributed by atoms with Gasteiger partial charge in [0.1, 0.15) is 10.1 Å². The maximum absolute atomic E-state index is 11.6. The van der Waals surface area contributed by atoms with E-state index in [2.05, 4.69) is 19.2 Å². The molecule has 1 saturated heterocycles. The molecule has 1 aromatic carbocycles. The van der Waals surface area contributed by atoms with Crippen molar-refractivity contribution >= 4 is 40.3 Å². The summed E-state index contributed by atoms with van der Waals surface area (Å²) < 4.78 is 6.16. The molecule has 0 spiro atoms. The number of rotatable bonds is 4. The number of thiocarbonyl (C=S) groups is 1. The molecule has 0 aromatic heterocycles. The van der Waals surface area contributed by atoms with Crippen molar-refractivity contribution in [1.82, 2.24) is 5.32 Å². The summed E-state index contributed by atoms with van der Waals surface area (Å²) in [7, 11) is 0. The largest absolute Gasteiger partial charge is 0.493 e. The molecule has 1 N–H and O–H groups in total. The van der Waals surface area contributed by atoms with Crippen molar-refractivity contribution in [1.29, 1.82) is 0 Å². The first-order chi connectivity index (χ1) is 9.04. The summed E-state index contributed by atoms with van der Waals surface area (Å²) in [6, 6.07) is 7.68. The van der Waals surface area contributed by atoms with Crippen molar-refractivity contribution in [2.24, 2.45) is 5.92 Å². The Hall–Kier alpha value is -1.33. The van der Waals surface area contributed by atoms with Gasteiger partial charge in [0, 0.05) is 0 Å². The van der Waals surface area contributed by atoms with Crippen molar-refractivity contribution < 1.29 is 9.53 Å². The molecular formula is C14H15NO2S2. The number of nitrogens with one attached hydrogen (secondary N) is 1. The summed E-state index contributed by atoms with van der Waals surface area (Å²) in [4.78, 5) is 12.2. The third-order valence-electron chi connectivity index (χ3n) is 2.38. The quantitative estimate of drug-likeness (QED) is 0.683. The number of hydrogen-bond acceptors (Lipinski definition) is 4. The van der Waals surface area contributed by atoms with Crippen LogP contribution in [0.1, 0.15) is 19.4 Å². The van der Waals surface area contributed by atoms with E-state index in [1.165, 1.54) is 11.8 Å². The first-order valence-electron chi connectivity index (χ1n) is 6.02. The molecule has 0 aliphatic carbocycles. The summed E-state index contributed by atoms with van der Waals surface area (Å²) >= 11 is 6.23. The lowest BCUT2D eigenvalue weighted by molar-refractivity contribution is -0.115. The maximum atomic E-state index is 11.6. The molecule has 100 valence electrons. The molecule has 1 fully saturated rings. The van der Waals surface area contributed by atoms with Crippen LogP contribution in [-0.4, -0.2) is 16.8 Å². The molecule has 1 heterocycles. The topological polar surface area (TPSA) is 38.3 Å². The molecule has 0 unspecified atom stereocenters. The van der Waals surface area contributed by atoms with E-state index < -0.39 is 0 Å². The van der Waals surface area contributed by atoms with Crippen molar-refractivity contribution in [2.75, 3.05) is 6.61 Å². The van der Waals surface area contributed by atoms with Crippen LogP contribution in [0.3, 0.4) is 0 Å². The molecular weight excluding hydrogens is 278 g/mol. The van der Waals surface area contributed by atoms with Gasteiger partial charge in [-0.2, -0.15) is 0 Å². The summed E-state index contributed by atoms with van der Waals surface area (Å²) in [6.45, 7) is 4.89. The second-order valence-electron chi connectivity index (χ2n) is 4.63. The number of ether oxygens (including phenoxy) is 1. The number of amides is 1. The van der Waals surface area contributed by atoms with Crippen LogP contribution in [0, 0.1) is 5.92 Å². The van der Waals surface area contributed by atoms with Crippen LogP contribution in [0.25, 0.3) is 6.08 Å². The Labute approximate surface area is 122 Å². The summed E-state index contributed by atoms with van der Waals surface area (Å²) in [5.41, 5.74) is 0.934. The zero-order valence-corrected chi connectivity index (χ0v) is 12.4. The minimum absolute atomic E-state index is 0.136. The number of hydrogen-bond donors (Lipinski definition) is 1. The molecule has 2 rings (SSSR count). The second-order valence-corrected chi connectivity index (χ2v) is 6.35. The predicted molar refractivity (Wildman–Crippen MR) is 83.1 cm³/mol. The molecule has 19 heavy (non-hydrogen) atoms. The Morgan fingerprint density at radius 3 is 2.89 bits per heavy atom. The van der Waals surface area contributed by atoms with Gasteiger partial charge >= 0.3 is 0 Å². The molecule has 1 aromatic rings. The van der Waals surface area contributed by atoms with E-state index in [9.17, 15) is 4.79 Å². The van der Waals surface area contributed by atoms with Gasteiger partial charge in [-0.25, -0.2) is 0 Å². The highest BCUT2D eigenvalue weighted by atomic mass is 32.2. The summed E-state index contributed by atoms with van der Waals surface area (Å²) in [5.74, 6) is 1.16. The molecule has 0 radical (unpaired) electrons. The Balaban J connectivity index is 2.13. The van der Waals surface area contributed by atoms with Gasteiger partial charge in [-0.15, -0.1) is 0 Å². The van der Waals surface area contributed by atoms with E-state index in [1.54, 1.807) is 0 Å². The van der Waals surface area contributed by atoms with Crippen LogP contribution in [0.4, 0.5) is 0 Å². The van der Waals surface area contributed by atoms with Crippen LogP contribution in [0.2, 0.25) is 0 Å². The maximum Gasteiger partial charge on any atom is 0.263 e. The third-order valence-corrected chi connectivity index (χ3v) is 3.54. The van der Waals surface area contributed by atoms with Crippen LogP contribution in [0.5, 0.6) is 5.75 Å². The molecule has 0 bridgehead atoms. The number of thioether (sulfide) groups is 1. The standard InChI is InChI=1S/C14H15NO2S2/c1-9(2)8-17-11-5-3-4-10(6-11)7-12-13(16)15-14(18)19-12/h3-7,9H,8H2,1-2H3,(H,15,16,18)/b12-7+. The number of benzene rings is 1. The van der Waals surface area contributed by atoms with Gasteiger partial charge in [0.05, 0.1) is 11.5 Å². The average Bonchev–Trinajstić information content (AvgIpc) is 2.66. The van der Waals surface area contributed by atoms with Crippen LogP contribution in [-0.2, 0) is 4.79 Å². The van der Waals surface area contributed by atoms with E-state index in [4.69, 9.17) is 17.0 Å². The van der Waals surface area contributed by atoms with Crippen LogP contribution < -0.4 is 10.1 Å². The third kappa shape index (κ3) is 4.08. The van der Waals surface area contributed by atoms with Gasteiger partial charge in [-0.1, -0.05) is 50.0 Å². The highest BCUT2D eigenvalue weighted by Gasteiger charge is 2.21. The monoisotopic (exact) mass is 293 g/mol. The van der Waals surface area contributed by atoms with E-state index in [-0.39, 0.29) is 5.91 Å². The summed E-state index contributed by atoms with van der Waals surface area (Å²) in [5, 5.41) is 2.60. The predicted octanol–water partition coefficient (Wildman–Crippen LogP) is 3.21. The highest BCUT2D eigenvalue weighted by Crippen LogP contribution is 2.26. The van der Waals surface area contributed by atoms with Gasteiger partial charge in [-0.05, 0) is 29.7 Å². The lowest BCUT2D eigenvalue weighted by Gasteiger charge is -2.08. The van der Waals surface area contributed by atoms with Gasteiger partial charge < -0.3 is 10.1 Å². The normalized spacial score (nSPS) is 17.1. The van der Waals surface area contributed by atoms with Gasteiger partial charge in [-0.3, -0.25) is 4.79 Å². The minimum atomic E-state index is -0.136. The number of carbonyl (C=O) groups excluding carboxylic acids is 1.